The number of carbonyl (C=O) groups excluding carboxylic acids is 1. The van der Waals surface area contributed by atoms with Gasteiger partial charge in [0, 0.05) is 20.2 Å². The second-order valence-electron chi connectivity index (χ2n) is 4.22. The van der Waals surface area contributed by atoms with E-state index >= 15 is 0 Å². The first-order valence-electron chi connectivity index (χ1n) is 6.25. The van der Waals surface area contributed by atoms with Crippen LogP contribution >= 0.6 is 0 Å². The van der Waals surface area contributed by atoms with Crippen LogP contribution in [0.5, 0.6) is 0 Å². The van der Waals surface area contributed by atoms with Crippen molar-refractivity contribution in [3.63, 3.8) is 0 Å². The van der Waals surface area contributed by atoms with Crippen LogP contribution in [0.1, 0.15) is 27.2 Å². The third-order valence-electron chi connectivity index (χ3n) is 2.99. The second-order valence-corrected chi connectivity index (χ2v) is 4.22. The number of carboxylic acids is 1. The molecule has 0 aliphatic heterocycles. The van der Waals surface area contributed by atoms with Gasteiger partial charge in [0.15, 0.2) is 0 Å². The Morgan fingerprint density at radius 1 is 1.39 bits per heavy atom. The zero-order valence-corrected chi connectivity index (χ0v) is 11.6. The molecule has 2 N–H and O–H groups in total. The van der Waals surface area contributed by atoms with E-state index in [4.69, 9.17) is 9.84 Å². The number of methoxy groups -OCH3 is 1. The highest BCUT2D eigenvalue weighted by Gasteiger charge is 2.26. The average Bonchev–Trinajstić information content (AvgIpc) is 2.35. The normalized spacial score (nSPS) is 13.8. The number of amides is 2. The number of ether oxygens (including phenoxy) is 1. The molecule has 0 aromatic heterocycles. The summed E-state index contributed by atoms with van der Waals surface area (Å²) in [5, 5.41) is 11.7. The third kappa shape index (κ3) is 5.35. The van der Waals surface area contributed by atoms with Crippen LogP contribution in [0.2, 0.25) is 0 Å². The van der Waals surface area contributed by atoms with Crippen molar-refractivity contribution >= 4 is 12.0 Å². The summed E-state index contributed by atoms with van der Waals surface area (Å²) in [4.78, 5) is 24.5. The predicted octanol–water partition coefficient (Wildman–Crippen LogP) is 1.16. The van der Waals surface area contributed by atoms with Crippen LogP contribution in [0, 0.1) is 5.92 Å². The summed E-state index contributed by atoms with van der Waals surface area (Å²) in [5.41, 5.74) is 0. The maximum atomic E-state index is 11.9. The minimum absolute atomic E-state index is 0.104. The largest absolute Gasteiger partial charge is 0.480 e. The molecule has 0 aliphatic carbocycles. The highest BCUT2D eigenvalue weighted by Crippen LogP contribution is 2.08. The molecular formula is C12H24N2O4. The van der Waals surface area contributed by atoms with Crippen molar-refractivity contribution in [2.24, 2.45) is 5.92 Å². The van der Waals surface area contributed by atoms with E-state index in [0.29, 0.717) is 26.1 Å². The number of aliphatic carboxylic acids is 1. The molecule has 0 fully saturated rings. The Kier molecular flexibility index (Phi) is 8.11. The van der Waals surface area contributed by atoms with Gasteiger partial charge in [0.25, 0.3) is 0 Å². The van der Waals surface area contributed by atoms with Gasteiger partial charge in [-0.1, -0.05) is 20.3 Å². The molecule has 0 spiro atoms. The first-order valence-corrected chi connectivity index (χ1v) is 6.25. The fourth-order valence-electron chi connectivity index (χ4n) is 1.51. The fourth-order valence-corrected chi connectivity index (χ4v) is 1.51. The molecule has 2 atom stereocenters. The first kappa shape index (κ1) is 16.7. The number of carboxylic acid groups (broad SMARTS) is 1. The number of nitrogens with zero attached hydrogens (tertiary/aromatic N) is 1. The van der Waals surface area contributed by atoms with E-state index in [2.05, 4.69) is 5.32 Å². The molecule has 0 saturated carbocycles. The van der Waals surface area contributed by atoms with E-state index in [-0.39, 0.29) is 11.9 Å². The van der Waals surface area contributed by atoms with Gasteiger partial charge in [-0.2, -0.15) is 0 Å². The standard InChI is InChI=1S/C12H24N2O4/c1-5-9(3)10(11(15)16)13-12(17)14(6-2)7-8-18-4/h9-10H,5-8H2,1-4H3,(H,13,17)(H,15,16)/t9-,10-/m0/s1. The van der Waals surface area contributed by atoms with E-state index < -0.39 is 12.0 Å². The van der Waals surface area contributed by atoms with Crippen LogP contribution in [0.4, 0.5) is 4.79 Å². The van der Waals surface area contributed by atoms with Crippen molar-refractivity contribution in [3.05, 3.63) is 0 Å². The molecule has 0 aromatic carbocycles. The van der Waals surface area contributed by atoms with Gasteiger partial charge in [0.1, 0.15) is 6.04 Å². The molecule has 18 heavy (non-hydrogen) atoms. The minimum atomic E-state index is -1.000. The van der Waals surface area contributed by atoms with Gasteiger partial charge in [-0.25, -0.2) is 9.59 Å². The highest BCUT2D eigenvalue weighted by atomic mass is 16.5. The molecule has 2 amide bonds. The Labute approximate surface area is 108 Å². The summed E-state index contributed by atoms with van der Waals surface area (Å²) in [5.74, 6) is -1.10. The van der Waals surface area contributed by atoms with E-state index in [1.165, 1.54) is 4.90 Å². The SMILES string of the molecule is CC[C@H](C)[C@H](NC(=O)N(CC)CCOC)C(=O)O. The lowest BCUT2D eigenvalue weighted by molar-refractivity contribution is -0.140. The summed E-state index contributed by atoms with van der Waals surface area (Å²) in [6.07, 6.45) is 0.696. The van der Waals surface area contributed by atoms with Crippen LogP contribution in [0.25, 0.3) is 0 Å². The summed E-state index contributed by atoms with van der Waals surface area (Å²) in [6, 6.07) is -1.21. The van der Waals surface area contributed by atoms with Crippen molar-refractivity contribution in [1.82, 2.24) is 10.2 Å². The van der Waals surface area contributed by atoms with E-state index in [1.807, 2.05) is 20.8 Å². The maximum absolute atomic E-state index is 11.9. The molecule has 0 radical (unpaired) electrons. The Morgan fingerprint density at radius 2 is 2.00 bits per heavy atom. The van der Waals surface area contributed by atoms with Crippen molar-refractivity contribution in [3.8, 4) is 0 Å². The van der Waals surface area contributed by atoms with Crippen LogP contribution in [0.3, 0.4) is 0 Å². The molecule has 0 bridgehead atoms. The van der Waals surface area contributed by atoms with Gasteiger partial charge >= 0.3 is 12.0 Å². The smallest absolute Gasteiger partial charge is 0.326 e. The lowest BCUT2D eigenvalue weighted by atomic mass is 9.99. The maximum Gasteiger partial charge on any atom is 0.326 e. The highest BCUT2D eigenvalue weighted by molar-refractivity contribution is 5.82. The van der Waals surface area contributed by atoms with Crippen LogP contribution in [-0.4, -0.2) is 54.9 Å². The predicted molar refractivity (Wildman–Crippen MR) is 68.5 cm³/mol. The van der Waals surface area contributed by atoms with E-state index in [1.54, 1.807) is 7.11 Å². The fraction of sp³-hybridized carbons (Fsp3) is 0.833. The number of likely N-dealkylation sites (N-methyl/N-ethyl adjacent to an activating group) is 1. The number of carbonyl (C=O) groups is 2. The number of hydrogen-bond acceptors (Lipinski definition) is 3. The minimum Gasteiger partial charge on any atom is -0.480 e. The number of rotatable bonds is 8. The molecule has 0 aliphatic rings. The van der Waals surface area contributed by atoms with Gasteiger partial charge in [-0.3, -0.25) is 0 Å². The van der Waals surface area contributed by atoms with Crippen LogP contribution < -0.4 is 5.32 Å². The number of hydrogen-bond donors (Lipinski definition) is 2. The van der Waals surface area contributed by atoms with Crippen LogP contribution in [0.15, 0.2) is 0 Å². The Bertz CT molecular complexity index is 271. The number of urea groups is 1. The van der Waals surface area contributed by atoms with Crippen molar-refractivity contribution in [2.75, 3.05) is 26.8 Å². The van der Waals surface area contributed by atoms with Crippen molar-refractivity contribution in [1.29, 1.82) is 0 Å². The zero-order valence-electron chi connectivity index (χ0n) is 11.6. The lowest BCUT2D eigenvalue weighted by Crippen LogP contribution is -2.51. The van der Waals surface area contributed by atoms with Gasteiger partial charge < -0.3 is 20.1 Å². The Balaban J connectivity index is 4.51. The lowest BCUT2D eigenvalue weighted by Gasteiger charge is -2.26. The summed E-state index contributed by atoms with van der Waals surface area (Å²) in [7, 11) is 1.56. The molecule has 0 rings (SSSR count). The molecular weight excluding hydrogens is 236 g/mol. The molecule has 0 heterocycles. The Hall–Kier alpha value is -1.30. The average molecular weight is 260 g/mol. The quantitative estimate of drug-likeness (QED) is 0.686. The molecule has 0 aromatic rings. The van der Waals surface area contributed by atoms with Crippen molar-refractivity contribution in [2.45, 2.75) is 33.2 Å². The van der Waals surface area contributed by atoms with E-state index in [0.717, 1.165) is 0 Å². The van der Waals surface area contributed by atoms with Gasteiger partial charge in [-0.05, 0) is 12.8 Å². The second kappa shape index (κ2) is 8.74. The van der Waals surface area contributed by atoms with Crippen LogP contribution in [-0.2, 0) is 9.53 Å². The monoisotopic (exact) mass is 260 g/mol. The summed E-state index contributed by atoms with van der Waals surface area (Å²) >= 11 is 0. The zero-order chi connectivity index (χ0) is 14.1. The third-order valence-corrected chi connectivity index (χ3v) is 2.99. The Morgan fingerprint density at radius 3 is 2.39 bits per heavy atom. The topological polar surface area (TPSA) is 78.9 Å². The van der Waals surface area contributed by atoms with Gasteiger partial charge in [0.05, 0.1) is 6.61 Å². The van der Waals surface area contributed by atoms with Crippen molar-refractivity contribution < 1.29 is 19.4 Å². The molecule has 0 saturated heterocycles. The summed E-state index contributed by atoms with van der Waals surface area (Å²) < 4.78 is 4.91. The molecule has 0 unspecified atom stereocenters. The van der Waals surface area contributed by atoms with Gasteiger partial charge in [-0.15, -0.1) is 0 Å². The molecule has 106 valence electrons. The molecule has 6 heteroatoms. The first-order chi connectivity index (χ1) is 8.47. The molecule has 6 nitrogen and oxygen atoms in total. The number of nitrogens with one attached hydrogen (secondary N) is 1. The summed E-state index contributed by atoms with van der Waals surface area (Å²) in [6.45, 7) is 6.95. The van der Waals surface area contributed by atoms with Gasteiger partial charge in [0.2, 0.25) is 0 Å². The van der Waals surface area contributed by atoms with E-state index in [9.17, 15) is 9.59 Å².